The monoisotopic (exact) mass is 488 g/mol. The molecule has 3 N–H and O–H groups in total. The van der Waals surface area contributed by atoms with Crippen LogP contribution in [0.15, 0.2) is 53.6 Å². The summed E-state index contributed by atoms with van der Waals surface area (Å²) in [6.07, 6.45) is 2.27. The second-order valence-corrected chi connectivity index (χ2v) is 12.1. The molecule has 1 aromatic carbocycles. The van der Waals surface area contributed by atoms with Crippen LogP contribution in [0.3, 0.4) is 0 Å². The number of rotatable bonds is 7. The van der Waals surface area contributed by atoms with Crippen molar-refractivity contribution in [1.82, 2.24) is 9.88 Å². The van der Waals surface area contributed by atoms with Crippen molar-refractivity contribution in [1.29, 1.82) is 0 Å². The van der Waals surface area contributed by atoms with Gasteiger partial charge in [-0.05, 0) is 77.5 Å². The standard InChI is InChI=1S/C25H36N4O4S/c1-24(2,3)33-23(30)29-17-18(16-25(29,4)5)14-15-20(19-10-7-6-8-11-19)27-21-12-9-13-22(28-21)34(26,31)32/h6-13,18,20H,14-17H2,1-5H3,(H,27,28)(H2,26,31,32). The number of ether oxygens (including phenoxy) is 1. The maximum Gasteiger partial charge on any atom is 0.410 e. The zero-order chi connectivity index (χ0) is 25.1. The minimum absolute atomic E-state index is 0.0804. The van der Waals surface area contributed by atoms with Gasteiger partial charge >= 0.3 is 6.09 Å². The van der Waals surface area contributed by atoms with Crippen LogP contribution in [-0.4, -0.2) is 42.1 Å². The van der Waals surface area contributed by atoms with Gasteiger partial charge in [0.1, 0.15) is 11.4 Å². The molecule has 1 aliphatic heterocycles. The molecular formula is C25H36N4O4S. The minimum atomic E-state index is -3.89. The van der Waals surface area contributed by atoms with Crippen LogP contribution in [0.1, 0.15) is 65.5 Å². The van der Waals surface area contributed by atoms with E-state index in [0.717, 1.165) is 24.8 Å². The Labute approximate surface area is 202 Å². The number of hydrogen-bond donors (Lipinski definition) is 2. The van der Waals surface area contributed by atoms with Gasteiger partial charge in [-0.1, -0.05) is 36.4 Å². The molecule has 1 fully saturated rings. The number of sulfonamides is 1. The third-order valence-electron chi connectivity index (χ3n) is 5.98. The second kappa shape index (κ2) is 9.92. The maximum atomic E-state index is 12.8. The van der Waals surface area contributed by atoms with Crippen molar-refractivity contribution in [3.63, 3.8) is 0 Å². The zero-order valence-electron chi connectivity index (χ0n) is 20.6. The lowest BCUT2D eigenvalue weighted by Gasteiger charge is -2.33. The first kappa shape index (κ1) is 26.0. The predicted molar refractivity (Wildman–Crippen MR) is 133 cm³/mol. The van der Waals surface area contributed by atoms with E-state index in [9.17, 15) is 13.2 Å². The highest BCUT2D eigenvalue weighted by Gasteiger charge is 2.42. The van der Waals surface area contributed by atoms with E-state index in [1.807, 2.05) is 56.0 Å². The summed E-state index contributed by atoms with van der Waals surface area (Å²) >= 11 is 0. The molecule has 34 heavy (non-hydrogen) atoms. The number of aromatic nitrogens is 1. The number of nitrogens with one attached hydrogen (secondary N) is 1. The Kier molecular flexibility index (Phi) is 7.57. The molecule has 2 aromatic rings. The molecule has 1 aliphatic rings. The molecule has 0 radical (unpaired) electrons. The SMILES string of the molecule is CC(C)(C)OC(=O)N1CC(CCC(Nc2cccc(S(N)(=O)=O)n2)c2ccccc2)CC1(C)C. The van der Waals surface area contributed by atoms with Gasteiger partial charge in [-0.2, -0.15) is 0 Å². The molecule has 2 atom stereocenters. The number of primary sulfonamides is 1. The van der Waals surface area contributed by atoms with Crippen LogP contribution >= 0.6 is 0 Å². The fraction of sp³-hybridized carbons (Fsp3) is 0.520. The number of carbonyl (C=O) groups excluding carboxylic acids is 1. The molecule has 1 aromatic heterocycles. The van der Waals surface area contributed by atoms with Gasteiger partial charge in [-0.3, -0.25) is 0 Å². The highest BCUT2D eigenvalue weighted by atomic mass is 32.2. The third kappa shape index (κ3) is 6.93. The number of carbonyl (C=O) groups is 1. The summed E-state index contributed by atoms with van der Waals surface area (Å²) in [5.41, 5.74) is 0.256. The van der Waals surface area contributed by atoms with E-state index in [1.165, 1.54) is 6.07 Å². The quantitative estimate of drug-likeness (QED) is 0.584. The molecule has 0 aliphatic carbocycles. The van der Waals surface area contributed by atoms with Gasteiger partial charge in [0, 0.05) is 12.1 Å². The van der Waals surface area contributed by atoms with E-state index in [0.29, 0.717) is 18.3 Å². The van der Waals surface area contributed by atoms with E-state index in [4.69, 9.17) is 9.88 Å². The van der Waals surface area contributed by atoms with E-state index in [1.54, 1.807) is 12.1 Å². The van der Waals surface area contributed by atoms with Crippen LogP contribution in [0.5, 0.6) is 0 Å². The molecule has 8 nitrogen and oxygen atoms in total. The first-order valence-corrected chi connectivity index (χ1v) is 13.1. The van der Waals surface area contributed by atoms with Crippen LogP contribution < -0.4 is 10.5 Å². The summed E-state index contributed by atoms with van der Waals surface area (Å²) in [4.78, 5) is 18.8. The number of nitrogens with two attached hydrogens (primary N) is 1. The zero-order valence-corrected chi connectivity index (χ0v) is 21.4. The third-order valence-corrected chi connectivity index (χ3v) is 6.79. The van der Waals surface area contributed by atoms with Gasteiger partial charge in [0.05, 0.1) is 6.04 Å². The van der Waals surface area contributed by atoms with Crippen molar-refractivity contribution in [3.8, 4) is 0 Å². The van der Waals surface area contributed by atoms with Crippen molar-refractivity contribution in [3.05, 3.63) is 54.1 Å². The number of likely N-dealkylation sites (tertiary alicyclic amines) is 1. The average Bonchev–Trinajstić information content (AvgIpc) is 3.04. The van der Waals surface area contributed by atoms with Gasteiger partial charge in [0.15, 0.2) is 5.03 Å². The molecule has 186 valence electrons. The van der Waals surface area contributed by atoms with Gasteiger partial charge in [-0.15, -0.1) is 0 Å². The summed E-state index contributed by atoms with van der Waals surface area (Å²) in [5, 5.41) is 8.46. The number of nitrogens with zero attached hydrogens (tertiary/aromatic N) is 2. The van der Waals surface area contributed by atoms with Crippen LogP contribution in [-0.2, 0) is 14.8 Å². The number of anilines is 1. The van der Waals surface area contributed by atoms with Crippen molar-refractivity contribution in [2.75, 3.05) is 11.9 Å². The van der Waals surface area contributed by atoms with Gasteiger partial charge in [0.2, 0.25) is 0 Å². The molecule has 1 saturated heterocycles. The van der Waals surface area contributed by atoms with Gasteiger partial charge < -0.3 is 15.0 Å². The first-order chi connectivity index (χ1) is 15.7. The van der Waals surface area contributed by atoms with Crippen molar-refractivity contribution < 1.29 is 17.9 Å². The molecule has 0 saturated carbocycles. The normalized spacial score (nSPS) is 19.0. The van der Waals surface area contributed by atoms with Crippen molar-refractivity contribution in [2.24, 2.45) is 11.1 Å². The van der Waals surface area contributed by atoms with E-state index in [-0.39, 0.29) is 22.7 Å². The Morgan fingerprint density at radius 1 is 1.21 bits per heavy atom. The highest BCUT2D eigenvalue weighted by molar-refractivity contribution is 7.89. The number of benzene rings is 1. The van der Waals surface area contributed by atoms with Crippen molar-refractivity contribution >= 4 is 21.9 Å². The first-order valence-electron chi connectivity index (χ1n) is 11.6. The Balaban J connectivity index is 1.73. The summed E-state index contributed by atoms with van der Waals surface area (Å²) in [6.45, 7) is 10.4. The fourth-order valence-corrected chi connectivity index (χ4v) is 4.95. The van der Waals surface area contributed by atoms with Crippen LogP contribution in [0.2, 0.25) is 0 Å². The number of pyridine rings is 1. The average molecular weight is 489 g/mol. The van der Waals surface area contributed by atoms with E-state index >= 15 is 0 Å². The second-order valence-electron chi connectivity index (χ2n) is 10.6. The molecule has 0 bridgehead atoms. The Bertz CT molecular complexity index is 1100. The largest absolute Gasteiger partial charge is 0.444 e. The van der Waals surface area contributed by atoms with E-state index in [2.05, 4.69) is 24.1 Å². The number of amides is 1. The lowest BCUT2D eigenvalue weighted by Crippen LogP contribution is -2.45. The van der Waals surface area contributed by atoms with E-state index < -0.39 is 15.6 Å². The molecular weight excluding hydrogens is 452 g/mol. The van der Waals surface area contributed by atoms with Gasteiger partial charge in [-0.25, -0.2) is 23.3 Å². The maximum absolute atomic E-state index is 12.8. The smallest absolute Gasteiger partial charge is 0.410 e. The molecule has 0 spiro atoms. The Hall–Kier alpha value is -2.65. The molecule has 2 heterocycles. The predicted octanol–water partition coefficient (Wildman–Crippen LogP) is 4.70. The topological polar surface area (TPSA) is 115 Å². The summed E-state index contributed by atoms with van der Waals surface area (Å²) in [6, 6.07) is 14.6. The van der Waals surface area contributed by atoms with Crippen LogP contribution in [0.25, 0.3) is 0 Å². The van der Waals surface area contributed by atoms with Gasteiger partial charge in [0.25, 0.3) is 10.0 Å². The molecule has 3 rings (SSSR count). The lowest BCUT2D eigenvalue weighted by molar-refractivity contribution is 0.0131. The highest BCUT2D eigenvalue weighted by Crippen LogP contribution is 2.37. The molecule has 9 heteroatoms. The molecule has 2 unspecified atom stereocenters. The fourth-order valence-electron chi connectivity index (χ4n) is 4.46. The number of hydrogen-bond acceptors (Lipinski definition) is 6. The Morgan fingerprint density at radius 2 is 1.88 bits per heavy atom. The van der Waals surface area contributed by atoms with Crippen LogP contribution in [0.4, 0.5) is 10.6 Å². The van der Waals surface area contributed by atoms with Crippen LogP contribution in [0, 0.1) is 5.92 Å². The summed E-state index contributed by atoms with van der Waals surface area (Å²) in [5.74, 6) is 0.766. The summed E-state index contributed by atoms with van der Waals surface area (Å²) in [7, 11) is -3.89. The minimum Gasteiger partial charge on any atom is -0.444 e. The summed E-state index contributed by atoms with van der Waals surface area (Å²) < 4.78 is 29.1. The molecule has 1 amide bonds. The Morgan fingerprint density at radius 3 is 2.50 bits per heavy atom. The lowest BCUT2D eigenvalue weighted by atomic mass is 9.90. The van der Waals surface area contributed by atoms with Crippen molar-refractivity contribution in [2.45, 2.75) is 76.1 Å².